The maximum absolute atomic E-state index is 13.1. The highest BCUT2D eigenvalue weighted by Crippen LogP contribution is 2.37. The van der Waals surface area contributed by atoms with E-state index in [-0.39, 0.29) is 30.3 Å². The number of anilines is 1. The van der Waals surface area contributed by atoms with Gasteiger partial charge >= 0.3 is 0 Å². The number of likely N-dealkylation sites (tertiary alicyclic amines) is 1. The van der Waals surface area contributed by atoms with Gasteiger partial charge in [0.1, 0.15) is 5.82 Å². The second kappa shape index (κ2) is 8.14. The van der Waals surface area contributed by atoms with Crippen LogP contribution in [0.1, 0.15) is 40.5 Å². The third-order valence-electron chi connectivity index (χ3n) is 5.39. The van der Waals surface area contributed by atoms with Crippen molar-refractivity contribution in [2.45, 2.75) is 19.8 Å². The van der Waals surface area contributed by atoms with Crippen LogP contribution in [0.4, 0.5) is 10.1 Å². The molecule has 2 aromatic carbocycles. The third kappa shape index (κ3) is 3.98. The van der Waals surface area contributed by atoms with Crippen LogP contribution in [-0.4, -0.2) is 42.4 Å². The first-order valence-corrected chi connectivity index (χ1v) is 9.72. The Bertz CT molecular complexity index is 997. The molecule has 2 aliphatic rings. The lowest BCUT2D eigenvalue weighted by Crippen LogP contribution is -2.41. The summed E-state index contributed by atoms with van der Waals surface area (Å²) < 4.78 is 23.7. The van der Waals surface area contributed by atoms with Gasteiger partial charge in [0.15, 0.2) is 17.3 Å². The van der Waals surface area contributed by atoms with Gasteiger partial charge in [-0.15, -0.1) is 0 Å². The van der Waals surface area contributed by atoms with Gasteiger partial charge in [-0.2, -0.15) is 0 Å². The molecule has 2 aromatic rings. The molecule has 1 fully saturated rings. The van der Waals surface area contributed by atoms with Crippen LogP contribution in [-0.2, 0) is 4.79 Å². The fraction of sp³-hybridized carbons (Fsp3) is 0.318. The number of Topliss-reactive ketones (excluding diaryl/α,β-unsaturated/α-hetero) is 1. The highest BCUT2D eigenvalue weighted by atomic mass is 19.1. The van der Waals surface area contributed by atoms with Gasteiger partial charge in [0.05, 0.1) is 5.69 Å². The third-order valence-corrected chi connectivity index (χ3v) is 5.39. The number of halogens is 1. The van der Waals surface area contributed by atoms with Gasteiger partial charge in [-0.3, -0.25) is 14.4 Å². The van der Waals surface area contributed by atoms with Crippen LogP contribution in [0.5, 0.6) is 11.5 Å². The van der Waals surface area contributed by atoms with E-state index in [1.54, 1.807) is 17.0 Å². The Hall–Kier alpha value is -3.42. The van der Waals surface area contributed by atoms with Crippen LogP contribution < -0.4 is 14.8 Å². The smallest absolute Gasteiger partial charge is 0.253 e. The van der Waals surface area contributed by atoms with Gasteiger partial charge in [0, 0.05) is 36.2 Å². The zero-order chi connectivity index (χ0) is 21.3. The van der Waals surface area contributed by atoms with Crippen molar-refractivity contribution >= 4 is 23.3 Å². The molecule has 0 spiro atoms. The van der Waals surface area contributed by atoms with E-state index in [4.69, 9.17) is 9.47 Å². The van der Waals surface area contributed by atoms with Crippen LogP contribution in [0, 0.1) is 11.7 Å². The van der Waals surface area contributed by atoms with Crippen molar-refractivity contribution < 1.29 is 28.2 Å². The minimum Gasteiger partial charge on any atom is -0.454 e. The highest BCUT2D eigenvalue weighted by molar-refractivity contribution is 6.05. The molecule has 8 heteroatoms. The molecule has 2 aliphatic heterocycles. The van der Waals surface area contributed by atoms with Gasteiger partial charge in [0.2, 0.25) is 12.7 Å². The molecule has 30 heavy (non-hydrogen) atoms. The van der Waals surface area contributed by atoms with Gasteiger partial charge in [-0.1, -0.05) is 0 Å². The summed E-state index contributed by atoms with van der Waals surface area (Å²) in [5.74, 6) is -0.291. The number of nitrogens with one attached hydrogen (secondary N) is 1. The number of hydrogen-bond donors (Lipinski definition) is 1. The molecule has 2 amide bonds. The van der Waals surface area contributed by atoms with Crippen LogP contribution in [0.2, 0.25) is 0 Å². The molecule has 0 atom stereocenters. The lowest BCUT2D eigenvalue weighted by atomic mass is 9.95. The lowest BCUT2D eigenvalue weighted by Gasteiger charge is -2.31. The number of ketones is 1. The van der Waals surface area contributed by atoms with E-state index in [1.807, 2.05) is 0 Å². The van der Waals surface area contributed by atoms with Crippen LogP contribution in [0.25, 0.3) is 0 Å². The van der Waals surface area contributed by atoms with Crippen molar-refractivity contribution in [2.75, 3.05) is 25.2 Å². The number of ether oxygens (including phenoxy) is 2. The molecule has 0 unspecified atom stereocenters. The second-order valence-corrected chi connectivity index (χ2v) is 7.37. The topological polar surface area (TPSA) is 84.9 Å². The van der Waals surface area contributed by atoms with E-state index in [9.17, 15) is 18.8 Å². The Labute approximate surface area is 172 Å². The molecule has 4 rings (SSSR count). The van der Waals surface area contributed by atoms with E-state index < -0.39 is 5.82 Å². The van der Waals surface area contributed by atoms with Gasteiger partial charge in [-0.25, -0.2) is 4.39 Å². The molecule has 0 radical (unpaired) electrons. The number of carbonyl (C=O) groups is 3. The minimum absolute atomic E-state index is 0.0740. The summed E-state index contributed by atoms with van der Waals surface area (Å²) in [6.07, 6.45) is 0.997. The minimum atomic E-state index is -0.393. The number of hydrogen-bond acceptors (Lipinski definition) is 5. The summed E-state index contributed by atoms with van der Waals surface area (Å²) in [5.41, 5.74) is 1.17. The molecular weight excluding hydrogens is 391 g/mol. The molecule has 0 bridgehead atoms. The lowest BCUT2D eigenvalue weighted by molar-refractivity contribution is -0.121. The summed E-state index contributed by atoms with van der Waals surface area (Å²) in [5, 5.41) is 2.83. The van der Waals surface area contributed by atoms with E-state index in [1.165, 1.54) is 31.2 Å². The standard InChI is InChI=1S/C22H21FN2O5/c1-13(26)17-10-19-20(30-12-29-19)11-18(17)24-21(27)14-6-8-25(9-7-14)22(28)15-2-4-16(23)5-3-15/h2-5,10-11,14H,6-9,12H2,1H3,(H,24,27). The SMILES string of the molecule is CC(=O)c1cc2c(cc1NC(=O)C1CCN(C(=O)c3ccc(F)cc3)CC1)OCO2. The predicted molar refractivity (Wildman–Crippen MR) is 106 cm³/mol. The maximum atomic E-state index is 13.1. The van der Waals surface area contributed by atoms with Crippen molar-refractivity contribution in [3.63, 3.8) is 0 Å². The first-order chi connectivity index (χ1) is 14.4. The molecule has 2 heterocycles. The molecule has 0 saturated carbocycles. The first kappa shape index (κ1) is 19.9. The Morgan fingerprint density at radius 3 is 2.30 bits per heavy atom. The normalized spacial score (nSPS) is 15.7. The van der Waals surface area contributed by atoms with Crippen molar-refractivity contribution in [3.05, 3.63) is 53.3 Å². The molecule has 7 nitrogen and oxygen atoms in total. The van der Waals surface area contributed by atoms with E-state index in [0.29, 0.717) is 54.2 Å². The number of amides is 2. The fourth-order valence-corrected chi connectivity index (χ4v) is 3.69. The highest BCUT2D eigenvalue weighted by Gasteiger charge is 2.29. The second-order valence-electron chi connectivity index (χ2n) is 7.37. The Kier molecular flexibility index (Phi) is 5.39. The Morgan fingerprint density at radius 2 is 1.67 bits per heavy atom. The quantitative estimate of drug-likeness (QED) is 0.780. The number of piperidine rings is 1. The molecule has 156 valence electrons. The molecule has 1 N–H and O–H groups in total. The molecular formula is C22H21FN2O5. The van der Waals surface area contributed by atoms with Crippen LogP contribution in [0.15, 0.2) is 36.4 Å². The Morgan fingerprint density at radius 1 is 1.03 bits per heavy atom. The zero-order valence-electron chi connectivity index (χ0n) is 16.4. The summed E-state index contributed by atoms with van der Waals surface area (Å²) in [6, 6.07) is 8.60. The van der Waals surface area contributed by atoms with Crippen LogP contribution >= 0.6 is 0 Å². The first-order valence-electron chi connectivity index (χ1n) is 9.72. The molecule has 0 aliphatic carbocycles. The molecule has 0 aromatic heterocycles. The zero-order valence-corrected chi connectivity index (χ0v) is 16.4. The van der Waals surface area contributed by atoms with E-state index in [0.717, 1.165) is 0 Å². The summed E-state index contributed by atoms with van der Waals surface area (Å²) >= 11 is 0. The average Bonchev–Trinajstić information content (AvgIpc) is 3.20. The van der Waals surface area contributed by atoms with Gasteiger partial charge < -0.3 is 19.7 Å². The number of fused-ring (bicyclic) bond motifs is 1. The number of nitrogens with zero attached hydrogens (tertiary/aromatic N) is 1. The van der Waals surface area contributed by atoms with Gasteiger partial charge in [-0.05, 0) is 50.1 Å². The van der Waals surface area contributed by atoms with E-state index in [2.05, 4.69) is 5.32 Å². The summed E-state index contributed by atoms with van der Waals surface area (Å²) in [4.78, 5) is 39.0. The predicted octanol–water partition coefficient (Wildman–Crippen LogP) is 3.25. The number of carbonyl (C=O) groups excluding carboxylic acids is 3. The largest absolute Gasteiger partial charge is 0.454 e. The number of benzene rings is 2. The monoisotopic (exact) mass is 412 g/mol. The fourth-order valence-electron chi connectivity index (χ4n) is 3.69. The summed E-state index contributed by atoms with van der Waals surface area (Å²) in [6.45, 7) is 2.35. The summed E-state index contributed by atoms with van der Waals surface area (Å²) in [7, 11) is 0. The number of rotatable bonds is 4. The average molecular weight is 412 g/mol. The maximum Gasteiger partial charge on any atom is 0.253 e. The van der Waals surface area contributed by atoms with Crippen molar-refractivity contribution in [1.29, 1.82) is 0 Å². The van der Waals surface area contributed by atoms with E-state index >= 15 is 0 Å². The van der Waals surface area contributed by atoms with Crippen molar-refractivity contribution in [1.82, 2.24) is 4.90 Å². The Balaban J connectivity index is 1.40. The van der Waals surface area contributed by atoms with Gasteiger partial charge in [0.25, 0.3) is 5.91 Å². The van der Waals surface area contributed by atoms with Crippen LogP contribution in [0.3, 0.4) is 0 Å². The van der Waals surface area contributed by atoms with Crippen molar-refractivity contribution in [2.24, 2.45) is 5.92 Å². The van der Waals surface area contributed by atoms with Crippen molar-refractivity contribution in [3.8, 4) is 11.5 Å². The molecule has 1 saturated heterocycles.